The Labute approximate surface area is 69.5 Å². The molecule has 0 spiro atoms. The summed E-state index contributed by atoms with van der Waals surface area (Å²) in [5.74, 6) is 0.777. The number of allylic oxidation sites excluding steroid dienone is 2. The van der Waals surface area contributed by atoms with Gasteiger partial charge in [0.1, 0.15) is 6.29 Å². The summed E-state index contributed by atoms with van der Waals surface area (Å²) >= 11 is 0. The molecule has 0 saturated heterocycles. The standard InChI is InChI=1S/C10H18O/c1-9(2)5-4-6-10(3)7-8-11/h7-9H,4-6H2,1-3H3/b10-7-. The molecule has 0 heterocycles. The molecule has 0 bridgehead atoms. The number of hydrogen-bond acceptors (Lipinski definition) is 1. The largest absolute Gasteiger partial charge is 0.299 e. The van der Waals surface area contributed by atoms with Crippen LogP contribution in [0.25, 0.3) is 0 Å². The monoisotopic (exact) mass is 154 g/mol. The molecule has 0 aromatic rings. The van der Waals surface area contributed by atoms with Crippen molar-refractivity contribution >= 4 is 6.29 Å². The molecular weight excluding hydrogens is 136 g/mol. The van der Waals surface area contributed by atoms with Gasteiger partial charge in [0.25, 0.3) is 0 Å². The minimum absolute atomic E-state index is 0.777. The van der Waals surface area contributed by atoms with Crippen LogP contribution >= 0.6 is 0 Å². The van der Waals surface area contributed by atoms with Crippen molar-refractivity contribution in [2.75, 3.05) is 0 Å². The Morgan fingerprint density at radius 3 is 2.55 bits per heavy atom. The summed E-state index contributed by atoms with van der Waals surface area (Å²) < 4.78 is 0. The van der Waals surface area contributed by atoms with E-state index in [4.69, 9.17) is 0 Å². The van der Waals surface area contributed by atoms with Crippen molar-refractivity contribution in [1.82, 2.24) is 0 Å². The summed E-state index contributed by atoms with van der Waals surface area (Å²) in [7, 11) is 0. The third-order valence-corrected chi connectivity index (χ3v) is 1.71. The fraction of sp³-hybridized carbons (Fsp3) is 0.700. The van der Waals surface area contributed by atoms with Crippen LogP contribution in [0, 0.1) is 5.92 Å². The van der Waals surface area contributed by atoms with E-state index in [9.17, 15) is 4.79 Å². The summed E-state index contributed by atoms with van der Waals surface area (Å²) in [5, 5.41) is 0. The predicted octanol–water partition coefficient (Wildman–Crippen LogP) is 2.96. The first-order valence-electron chi connectivity index (χ1n) is 4.27. The maximum absolute atomic E-state index is 10.0. The Bertz CT molecular complexity index is 134. The van der Waals surface area contributed by atoms with Gasteiger partial charge in [0.05, 0.1) is 0 Å². The summed E-state index contributed by atoms with van der Waals surface area (Å²) in [6.45, 7) is 6.45. The molecule has 0 amide bonds. The third kappa shape index (κ3) is 7.31. The fourth-order valence-corrected chi connectivity index (χ4v) is 0.989. The molecular formula is C10H18O. The molecule has 0 N–H and O–H groups in total. The van der Waals surface area contributed by atoms with Crippen LogP contribution in [-0.4, -0.2) is 6.29 Å². The first-order chi connectivity index (χ1) is 5.16. The Balaban J connectivity index is 3.38. The second-order valence-corrected chi connectivity index (χ2v) is 3.44. The van der Waals surface area contributed by atoms with Crippen molar-refractivity contribution < 1.29 is 4.79 Å². The van der Waals surface area contributed by atoms with Gasteiger partial charge in [0, 0.05) is 0 Å². The van der Waals surface area contributed by atoms with Crippen molar-refractivity contribution in [2.45, 2.75) is 40.0 Å². The highest BCUT2D eigenvalue weighted by molar-refractivity contribution is 5.65. The SMILES string of the molecule is C/C(=C/C=O)CCCC(C)C. The Hall–Kier alpha value is -0.590. The third-order valence-electron chi connectivity index (χ3n) is 1.71. The van der Waals surface area contributed by atoms with Crippen LogP contribution in [0.3, 0.4) is 0 Å². The van der Waals surface area contributed by atoms with E-state index >= 15 is 0 Å². The van der Waals surface area contributed by atoms with Gasteiger partial charge in [0.2, 0.25) is 0 Å². The van der Waals surface area contributed by atoms with E-state index in [0.717, 1.165) is 18.6 Å². The lowest BCUT2D eigenvalue weighted by Crippen LogP contribution is -1.87. The highest BCUT2D eigenvalue weighted by atomic mass is 16.1. The van der Waals surface area contributed by atoms with E-state index < -0.39 is 0 Å². The van der Waals surface area contributed by atoms with Gasteiger partial charge in [-0.15, -0.1) is 0 Å². The lowest BCUT2D eigenvalue weighted by atomic mass is 10.0. The molecule has 0 unspecified atom stereocenters. The number of hydrogen-bond donors (Lipinski definition) is 0. The number of carbonyl (C=O) groups is 1. The molecule has 0 atom stereocenters. The molecule has 0 aliphatic carbocycles. The summed E-state index contributed by atoms with van der Waals surface area (Å²) in [6, 6.07) is 0. The number of carbonyl (C=O) groups excluding carboxylic acids is 1. The van der Waals surface area contributed by atoms with Gasteiger partial charge in [-0.2, -0.15) is 0 Å². The Morgan fingerprint density at radius 1 is 1.45 bits per heavy atom. The van der Waals surface area contributed by atoms with Gasteiger partial charge in [-0.25, -0.2) is 0 Å². The molecule has 0 aromatic heterocycles. The van der Waals surface area contributed by atoms with Gasteiger partial charge < -0.3 is 0 Å². The molecule has 0 rings (SSSR count). The number of aldehydes is 1. The molecule has 1 nitrogen and oxygen atoms in total. The van der Waals surface area contributed by atoms with Crippen LogP contribution in [0.4, 0.5) is 0 Å². The predicted molar refractivity (Wildman–Crippen MR) is 48.5 cm³/mol. The molecule has 11 heavy (non-hydrogen) atoms. The Morgan fingerprint density at radius 2 is 2.09 bits per heavy atom. The van der Waals surface area contributed by atoms with E-state index in [1.54, 1.807) is 6.08 Å². The van der Waals surface area contributed by atoms with Crippen molar-refractivity contribution in [3.63, 3.8) is 0 Å². The van der Waals surface area contributed by atoms with Crippen molar-refractivity contribution in [3.8, 4) is 0 Å². The maximum atomic E-state index is 10.0. The molecule has 0 aliphatic rings. The van der Waals surface area contributed by atoms with E-state index in [1.807, 2.05) is 6.92 Å². The average molecular weight is 154 g/mol. The zero-order valence-corrected chi connectivity index (χ0v) is 7.76. The van der Waals surface area contributed by atoms with Gasteiger partial charge in [-0.1, -0.05) is 25.8 Å². The maximum Gasteiger partial charge on any atom is 0.142 e. The van der Waals surface area contributed by atoms with E-state index in [0.29, 0.717) is 0 Å². The molecule has 1 heteroatoms. The quantitative estimate of drug-likeness (QED) is 0.439. The lowest BCUT2D eigenvalue weighted by Gasteiger charge is -2.03. The highest BCUT2D eigenvalue weighted by Gasteiger charge is 1.94. The minimum Gasteiger partial charge on any atom is -0.299 e. The molecule has 0 radical (unpaired) electrons. The fourth-order valence-electron chi connectivity index (χ4n) is 0.989. The molecule has 0 fully saturated rings. The molecule has 64 valence electrons. The van der Waals surface area contributed by atoms with Crippen molar-refractivity contribution in [3.05, 3.63) is 11.6 Å². The van der Waals surface area contributed by atoms with Crippen LogP contribution in [0.1, 0.15) is 40.0 Å². The topological polar surface area (TPSA) is 17.1 Å². The minimum atomic E-state index is 0.777. The zero-order chi connectivity index (χ0) is 8.69. The van der Waals surface area contributed by atoms with E-state index in [2.05, 4.69) is 13.8 Å². The van der Waals surface area contributed by atoms with Gasteiger partial charge in [-0.3, -0.25) is 4.79 Å². The molecule has 0 aromatic carbocycles. The number of rotatable bonds is 5. The van der Waals surface area contributed by atoms with Crippen LogP contribution < -0.4 is 0 Å². The van der Waals surface area contributed by atoms with Crippen LogP contribution in [-0.2, 0) is 4.79 Å². The first-order valence-corrected chi connectivity index (χ1v) is 4.27. The van der Waals surface area contributed by atoms with Crippen LogP contribution in [0.2, 0.25) is 0 Å². The van der Waals surface area contributed by atoms with E-state index in [-0.39, 0.29) is 0 Å². The highest BCUT2D eigenvalue weighted by Crippen LogP contribution is 2.10. The summed E-state index contributed by atoms with van der Waals surface area (Å²) in [5.41, 5.74) is 1.20. The first kappa shape index (κ1) is 10.4. The normalized spacial score (nSPS) is 12.2. The van der Waals surface area contributed by atoms with E-state index in [1.165, 1.54) is 18.4 Å². The van der Waals surface area contributed by atoms with Crippen LogP contribution in [0.15, 0.2) is 11.6 Å². The van der Waals surface area contributed by atoms with Gasteiger partial charge in [-0.05, 0) is 31.8 Å². The lowest BCUT2D eigenvalue weighted by molar-refractivity contribution is -0.104. The Kier molecular flexibility index (Phi) is 5.81. The second kappa shape index (κ2) is 6.14. The summed E-state index contributed by atoms with van der Waals surface area (Å²) in [6.07, 6.45) is 6.04. The summed E-state index contributed by atoms with van der Waals surface area (Å²) in [4.78, 5) is 10.0. The zero-order valence-electron chi connectivity index (χ0n) is 7.76. The van der Waals surface area contributed by atoms with Gasteiger partial charge >= 0.3 is 0 Å². The van der Waals surface area contributed by atoms with Crippen LogP contribution in [0.5, 0.6) is 0 Å². The van der Waals surface area contributed by atoms with Crippen molar-refractivity contribution in [2.24, 2.45) is 5.92 Å². The average Bonchev–Trinajstić information content (AvgIpc) is 1.87. The second-order valence-electron chi connectivity index (χ2n) is 3.44. The smallest absolute Gasteiger partial charge is 0.142 e. The van der Waals surface area contributed by atoms with Crippen molar-refractivity contribution in [1.29, 1.82) is 0 Å². The molecule has 0 saturated carbocycles. The van der Waals surface area contributed by atoms with Gasteiger partial charge in [0.15, 0.2) is 0 Å². The molecule has 0 aliphatic heterocycles.